The van der Waals surface area contributed by atoms with Crippen LogP contribution < -0.4 is 21.3 Å². The average Bonchev–Trinajstić information content (AvgIpc) is 3.48. The predicted octanol–water partition coefficient (Wildman–Crippen LogP) is 7.08. The van der Waals surface area contributed by atoms with Gasteiger partial charge in [-0.1, -0.05) is 35.9 Å². The van der Waals surface area contributed by atoms with Crippen molar-refractivity contribution in [3.63, 3.8) is 0 Å². The van der Waals surface area contributed by atoms with Gasteiger partial charge in [-0.25, -0.2) is 14.0 Å². The maximum atomic E-state index is 15.0. The molecular formula is C35H39FN4O6. The first kappa shape index (κ1) is 33.6. The van der Waals surface area contributed by atoms with Gasteiger partial charge in [-0.3, -0.25) is 10.1 Å². The third-order valence-electron chi connectivity index (χ3n) is 6.79. The molecule has 0 spiro atoms. The van der Waals surface area contributed by atoms with E-state index < -0.39 is 35.4 Å². The van der Waals surface area contributed by atoms with E-state index in [0.717, 1.165) is 16.8 Å². The molecule has 0 bridgehead atoms. The average molecular weight is 631 g/mol. The molecule has 0 aliphatic rings. The van der Waals surface area contributed by atoms with Crippen LogP contribution in [0.3, 0.4) is 0 Å². The van der Waals surface area contributed by atoms with Gasteiger partial charge >= 0.3 is 12.1 Å². The zero-order chi connectivity index (χ0) is 33.4. The zero-order valence-corrected chi connectivity index (χ0v) is 26.4. The van der Waals surface area contributed by atoms with Gasteiger partial charge in [-0.2, -0.15) is 0 Å². The Hall–Kier alpha value is -5.32. The number of hydrogen-bond donors (Lipinski definition) is 5. The number of carboxylic acids is 1. The van der Waals surface area contributed by atoms with Gasteiger partial charge in [0, 0.05) is 35.9 Å². The third-order valence-corrected chi connectivity index (χ3v) is 6.79. The topological polar surface area (TPSA) is 142 Å². The van der Waals surface area contributed by atoms with E-state index in [0.29, 0.717) is 23.6 Å². The van der Waals surface area contributed by atoms with Crippen LogP contribution in [-0.2, 0) is 16.0 Å². The van der Waals surface area contributed by atoms with Crippen molar-refractivity contribution in [3.8, 4) is 11.3 Å². The summed E-state index contributed by atoms with van der Waals surface area (Å²) in [6, 6.07) is 20.7. The van der Waals surface area contributed by atoms with Crippen molar-refractivity contribution >= 4 is 35.0 Å². The van der Waals surface area contributed by atoms with E-state index in [4.69, 9.17) is 9.15 Å². The lowest BCUT2D eigenvalue weighted by atomic mass is 10.0. The normalized spacial score (nSPS) is 12.5. The Bertz CT molecular complexity index is 1660. The van der Waals surface area contributed by atoms with Gasteiger partial charge in [0.05, 0.1) is 5.69 Å². The number of halogens is 1. The van der Waals surface area contributed by atoms with Gasteiger partial charge in [-0.15, -0.1) is 0 Å². The smallest absolute Gasteiger partial charge is 0.412 e. The molecule has 2 amide bonds. The monoisotopic (exact) mass is 630 g/mol. The van der Waals surface area contributed by atoms with Crippen LogP contribution in [0.4, 0.5) is 26.2 Å². The Morgan fingerprint density at radius 3 is 2.24 bits per heavy atom. The van der Waals surface area contributed by atoms with Crippen LogP contribution in [0.1, 0.15) is 49.4 Å². The van der Waals surface area contributed by atoms with E-state index in [1.807, 2.05) is 38.1 Å². The van der Waals surface area contributed by atoms with Gasteiger partial charge in [0.2, 0.25) is 0 Å². The number of aliphatic carboxylic acids is 1. The van der Waals surface area contributed by atoms with Gasteiger partial charge in [0.1, 0.15) is 23.2 Å². The van der Waals surface area contributed by atoms with Gasteiger partial charge in [-0.05, 0) is 88.7 Å². The number of benzene rings is 3. The highest BCUT2D eigenvalue weighted by molar-refractivity contribution is 5.95. The Labute approximate surface area is 267 Å². The van der Waals surface area contributed by atoms with Gasteiger partial charge < -0.3 is 30.2 Å². The van der Waals surface area contributed by atoms with Crippen molar-refractivity contribution in [2.24, 2.45) is 0 Å². The minimum Gasteiger partial charge on any atom is -0.480 e. The molecule has 1 heterocycles. The molecule has 46 heavy (non-hydrogen) atoms. The number of hydrogen-bond acceptors (Lipinski definition) is 7. The highest BCUT2D eigenvalue weighted by atomic mass is 19.1. The van der Waals surface area contributed by atoms with Crippen LogP contribution in [-0.4, -0.2) is 47.3 Å². The maximum Gasteiger partial charge on any atom is 0.412 e. The summed E-state index contributed by atoms with van der Waals surface area (Å²) in [6.45, 7) is 9.68. The first-order chi connectivity index (χ1) is 21.8. The second kappa shape index (κ2) is 14.6. The van der Waals surface area contributed by atoms with Crippen molar-refractivity contribution in [1.82, 2.24) is 5.32 Å². The number of carbonyl (C=O) groups is 3. The summed E-state index contributed by atoms with van der Waals surface area (Å²) in [5, 5.41) is 21.3. The van der Waals surface area contributed by atoms with Crippen LogP contribution in [0.2, 0.25) is 0 Å². The highest BCUT2D eigenvalue weighted by Crippen LogP contribution is 2.23. The summed E-state index contributed by atoms with van der Waals surface area (Å²) >= 11 is 0. The van der Waals surface area contributed by atoms with E-state index in [2.05, 4.69) is 21.3 Å². The number of anilines is 3. The van der Waals surface area contributed by atoms with Crippen LogP contribution in [0.5, 0.6) is 0 Å². The minimum absolute atomic E-state index is 0.0245. The molecule has 11 heteroatoms. The van der Waals surface area contributed by atoms with Crippen LogP contribution in [0, 0.1) is 12.7 Å². The quantitative estimate of drug-likeness (QED) is 0.112. The zero-order valence-electron chi connectivity index (χ0n) is 26.4. The van der Waals surface area contributed by atoms with E-state index in [9.17, 15) is 19.5 Å². The lowest BCUT2D eigenvalue weighted by Gasteiger charge is -2.20. The van der Waals surface area contributed by atoms with E-state index in [1.165, 1.54) is 12.1 Å². The molecule has 0 saturated heterocycles. The summed E-state index contributed by atoms with van der Waals surface area (Å²) in [6.07, 6.45) is -0.663. The molecule has 4 aromatic rings. The number of carboxylic acid groups (broad SMARTS) is 1. The number of rotatable bonds is 12. The molecule has 4 rings (SSSR count). The van der Waals surface area contributed by atoms with Crippen molar-refractivity contribution in [3.05, 3.63) is 102 Å². The molecule has 1 aromatic heterocycles. The number of nitrogens with one attached hydrogen (secondary N) is 4. The first-order valence-electron chi connectivity index (χ1n) is 14.8. The first-order valence-corrected chi connectivity index (χ1v) is 14.8. The standard InChI is InChI=1S/C35H39FN4O6/c1-21-6-9-24(10-7-21)30-16-17-31(45-30)32(41)40-29(33(42)43)19-23-8-15-28(27(36)18-23)38-22(2)20-37-25-11-13-26(14-12-25)39-34(44)46-35(3,4)5/h6-18,22,29,37-38H,19-20H2,1-5H3,(H,39,44)(H,40,41)(H,42,43)/t22-,29?/m0/s1. The summed E-state index contributed by atoms with van der Waals surface area (Å²) < 4.78 is 25.9. The Balaban J connectivity index is 1.28. The van der Waals surface area contributed by atoms with Crippen molar-refractivity contribution in [1.29, 1.82) is 0 Å². The van der Waals surface area contributed by atoms with Crippen molar-refractivity contribution in [2.75, 3.05) is 22.5 Å². The number of furan rings is 1. The Morgan fingerprint density at radius 1 is 0.935 bits per heavy atom. The molecule has 0 saturated carbocycles. The number of aryl methyl sites for hydroxylation is 1. The molecule has 3 aromatic carbocycles. The summed E-state index contributed by atoms with van der Waals surface area (Å²) in [5.74, 6) is -2.03. The molecule has 0 fully saturated rings. The van der Waals surface area contributed by atoms with E-state index in [1.54, 1.807) is 63.2 Å². The van der Waals surface area contributed by atoms with Gasteiger partial charge in [0.25, 0.3) is 5.91 Å². The fourth-order valence-corrected chi connectivity index (χ4v) is 4.48. The van der Waals surface area contributed by atoms with Crippen molar-refractivity contribution < 1.29 is 33.0 Å². The molecule has 0 radical (unpaired) electrons. The molecule has 242 valence electrons. The van der Waals surface area contributed by atoms with Crippen LogP contribution in [0.25, 0.3) is 11.3 Å². The molecule has 1 unspecified atom stereocenters. The molecular weight excluding hydrogens is 591 g/mol. The van der Waals surface area contributed by atoms with Crippen LogP contribution in [0.15, 0.2) is 83.3 Å². The van der Waals surface area contributed by atoms with Crippen LogP contribution >= 0.6 is 0 Å². The second-order valence-corrected chi connectivity index (χ2v) is 12.0. The second-order valence-electron chi connectivity index (χ2n) is 12.0. The number of carbonyl (C=O) groups excluding carboxylic acids is 2. The van der Waals surface area contributed by atoms with Gasteiger partial charge in [0.15, 0.2) is 5.76 Å². The fourth-order valence-electron chi connectivity index (χ4n) is 4.48. The SMILES string of the molecule is Cc1ccc(-c2ccc(C(=O)NC(Cc3ccc(N[C@@H](C)CNc4ccc(NC(=O)OC(C)(C)C)cc4)c(F)c3)C(=O)O)o2)cc1. The largest absolute Gasteiger partial charge is 0.480 e. The Kier molecular flexibility index (Phi) is 10.7. The lowest BCUT2D eigenvalue weighted by molar-refractivity contribution is -0.139. The minimum atomic E-state index is -1.30. The summed E-state index contributed by atoms with van der Waals surface area (Å²) in [5.41, 5.74) is 3.33. The van der Waals surface area contributed by atoms with E-state index in [-0.39, 0.29) is 23.9 Å². The van der Waals surface area contributed by atoms with E-state index >= 15 is 4.39 Å². The summed E-state index contributed by atoms with van der Waals surface area (Å²) in [4.78, 5) is 36.7. The predicted molar refractivity (Wildman–Crippen MR) is 176 cm³/mol. The van der Waals surface area contributed by atoms with Crippen molar-refractivity contribution in [2.45, 2.75) is 58.7 Å². The maximum absolute atomic E-state index is 15.0. The number of ether oxygens (including phenoxy) is 1. The Morgan fingerprint density at radius 2 is 1.61 bits per heavy atom. The highest BCUT2D eigenvalue weighted by Gasteiger charge is 2.24. The molecule has 2 atom stereocenters. The third kappa shape index (κ3) is 9.85. The molecule has 0 aliphatic heterocycles. The molecule has 0 aliphatic carbocycles. The molecule has 10 nitrogen and oxygen atoms in total. The number of amides is 2. The molecule has 5 N–H and O–H groups in total. The fraction of sp³-hybridized carbons (Fsp3) is 0.286. The summed E-state index contributed by atoms with van der Waals surface area (Å²) in [7, 11) is 0. The lowest BCUT2D eigenvalue weighted by Crippen LogP contribution is -2.42.